The molecule has 144 valence electrons. The molecule has 1 aromatic heterocycles. The van der Waals surface area contributed by atoms with Crippen LogP contribution in [0.15, 0.2) is 60.7 Å². The van der Waals surface area contributed by atoms with Gasteiger partial charge in [-0.05, 0) is 38.1 Å². The van der Waals surface area contributed by atoms with Crippen LogP contribution in [0, 0.1) is 6.92 Å². The highest BCUT2D eigenvalue weighted by Crippen LogP contribution is 2.25. The second-order valence-corrected chi connectivity index (χ2v) is 6.64. The maximum atomic E-state index is 12.7. The number of amides is 1. The number of likely N-dealkylation sites (N-methyl/N-ethyl adjacent to an activating group) is 1. The maximum absolute atomic E-state index is 12.7. The average molecular weight is 398 g/mol. The molecule has 1 amide bonds. The van der Waals surface area contributed by atoms with E-state index in [1.54, 1.807) is 26.1 Å². The number of rotatable bonds is 5. The third-order valence-corrected chi connectivity index (χ3v) is 4.66. The van der Waals surface area contributed by atoms with Crippen molar-refractivity contribution in [2.75, 3.05) is 11.9 Å². The first-order valence-electron chi connectivity index (χ1n) is 8.74. The van der Waals surface area contributed by atoms with Crippen molar-refractivity contribution < 1.29 is 14.3 Å². The van der Waals surface area contributed by atoms with E-state index in [4.69, 9.17) is 16.3 Å². The molecule has 0 bridgehead atoms. The number of para-hydroxylation sites is 2. The van der Waals surface area contributed by atoms with Crippen LogP contribution in [0.4, 0.5) is 5.69 Å². The fraction of sp³-hybridized carbons (Fsp3) is 0.190. The lowest BCUT2D eigenvalue weighted by molar-refractivity contribution is -0.126. The first-order chi connectivity index (χ1) is 13.4. The Hall–Kier alpha value is -3.12. The predicted molar refractivity (Wildman–Crippen MR) is 108 cm³/mol. The molecule has 0 N–H and O–H groups in total. The minimum atomic E-state index is -0.978. The van der Waals surface area contributed by atoms with Crippen LogP contribution in [0.2, 0.25) is 5.15 Å². The van der Waals surface area contributed by atoms with Gasteiger partial charge in [-0.2, -0.15) is 5.10 Å². The normalized spacial score (nSPS) is 11.7. The molecule has 1 heterocycles. The van der Waals surface area contributed by atoms with Crippen molar-refractivity contribution in [2.24, 2.45) is 0 Å². The van der Waals surface area contributed by atoms with Crippen molar-refractivity contribution in [1.29, 1.82) is 0 Å². The number of ether oxygens (including phenoxy) is 1. The molecule has 0 aliphatic heterocycles. The summed E-state index contributed by atoms with van der Waals surface area (Å²) in [5.74, 6) is -1.03. The van der Waals surface area contributed by atoms with E-state index in [-0.39, 0.29) is 16.6 Å². The van der Waals surface area contributed by atoms with E-state index >= 15 is 0 Å². The van der Waals surface area contributed by atoms with Crippen LogP contribution in [0.5, 0.6) is 0 Å². The van der Waals surface area contributed by atoms with E-state index in [2.05, 4.69) is 5.10 Å². The molecular weight excluding hydrogens is 378 g/mol. The van der Waals surface area contributed by atoms with Gasteiger partial charge in [0, 0.05) is 12.7 Å². The number of hydrogen-bond donors (Lipinski definition) is 0. The summed E-state index contributed by atoms with van der Waals surface area (Å²) in [5, 5.41) is 4.47. The van der Waals surface area contributed by atoms with Gasteiger partial charge in [0.05, 0.1) is 11.4 Å². The number of benzene rings is 2. The van der Waals surface area contributed by atoms with Gasteiger partial charge in [-0.3, -0.25) is 4.79 Å². The summed E-state index contributed by atoms with van der Waals surface area (Å²) < 4.78 is 6.85. The average Bonchev–Trinajstić information content (AvgIpc) is 3.02. The summed E-state index contributed by atoms with van der Waals surface area (Å²) in [5.41, 5.74) is 2.01. The molecule has 0 radical (unpaired) electrons. The molecule has 1 atom stereocenters. The SMILES string of the molecule is Cc1nn(-c2ccccc2)c(Cl)c1C(=O)O[C@@H](C)C(=O)N(C)c1ccccc1. The van der Waals surface area contributed by atoms with Gasteiger partial charge in [0.1, 0.15) is 10.7 Å². The fourth-order valence-electron chi connectivity index (χ4n) is 2.79. The minimum Gasteiger partial charge on any atom is -0.449 e. The summed E-state index contributed by atoms with van der Waals surface area (Å²) in [4.78, 5) is 26.7. The van der Waals surface area contributed by atoms with Crippen molar-refractivity contribution in [2.45, 2.75) is 20.0 Å². The Bertz CT molecular complexity index is 987. The number of carbonyl (C=O) groups is 2. The number of esters is 1. The Balaban J connectivity index is 1.78. The van der Waals surface area contributed by atoms with Crippen LogP contribution in [-0.4, -0.2) is 34.8 Å². The zero-order valence-electron chi connectivity index (χ0n) is 15.8. The van der Waals surface area contributed by atoms with Gasteiger partial charge in [-0.15, -0.1) is 0 Å². The van der Waals surface area contributed by atoms with Crippen molar-refractivity contribution in [1.82, 2.24) is 9.78 Å². The van der Waals surface area contributed by atoms with Crippen LogP contribution in [-0.2, 0) is 9.53 Å². The van der Waals surface area contributed by atoms with Crippen molar-refractivity contribution in [3.63, 3.8) is 0 Å². The lowest BCUT2D eigenvalue weighted by Crippen LogP contribution is -2.37. The van der Waals surface area contributed by atoms with Crippen LogP contribution in [0.25, 0.3) is 5.69 Å². The number of nitrogens with zero attached hydrogens (tertiary/aromatic N) is 3. The molecular formula is C21H20ClN3O3. The van der Waals surface area contributed by atoms with Crippen LogP contribution < -0.4 is 4.90 Å². The molecule has 0 aliphatic carbocycles. The Morgan fingerprint density at radius 1 is 1.07 bits per heavy atom. The van der Waals surface area contributed by atoms with E-state index in [0.717, 1.165) is 5.69 Å². The number of anilines is 1. The van der Waals surface area contributed by atoms with Gasteiger partial charge in [0.25, 0.3) is 5.91 Å². The first kappa shape index (κ1) is 19.6. The van der Waals surface area contributed by atoms with Gasteiger partial charge >= 0.3 is 5.97 Å². The molecule has 0 fully saturated rings. The molecule has 3 aromatic rings. The molecule has 7 heteroatoms. The van der Waals surface area contributed by atoms with Gasteiger partial charge in [-0.1, -0.05) is 48.0 Å². The van der Waals surface area contributed by atoms with Gasteiger partial charge in [-0.25, -0.2) is 9.48 Å². The highest BCUT2D eigenvalue weighted by atomic mass is 35.5. The lowest BCUT2D eigenvalue weighted by Gasteiger charge is -2.21. The second-order valence-electron chi connectivity index (χ2n) is 6.28. The molecule has 2 aromatic carbocycles. The number of halogens is 1. The second kappa shape index (κ2) is 8.27. The van der Waals surface area contributed by atoms with Crippen LogP contribution in [0.3, 0.4) is 0 Å². The van der Waals surface area contributed by atoms with Crippen LogP contribution in [0.1, 0.15) is 23.0 Å². The number of hydrogen-bond acceptors (Lipinski definition) is 4. The van der Waals surface area contributed by atoms with Crippen molar-refractivity contribution in [3.8, 4) is 5.69 Å². The Morgan fingerprint density at radius 3 is 2.25 bits per heavy atom. The predicted octanol–water partition coefficient (Wildman–Crippen LogP) is 4.04. The monoisotopic (exact) mass is 397 g/mol. The summed E-state index contributed by atoms with van der Waals surface area (Å²) in [6.45, 7) is 3.20. The minimum absolute atomic E-state index is 0.143. The zero-order chi connectivity index (χ0) is 20.3. The van der Waals surface area contributed by atoms with Crippen molar-refractivity contribution >= 4 is 29.2 Å². The number of aryl methyl sites for hydroxylation is 1. The molecule has 0 saturated heterocycles. The van der Waals surface area contributed by atoms with E-state index < -0.39 is 12.1 Å². The topological polar surface area (TPSA) is 64.4 Å². The molecule has 0 saturated carbocycles. The summed E-state index contributed by atoms with van der Waals surface area (Å²) >= 11 is 6.38. The van der Waals surface area contributed by atoms with Gasteiger partial charge < -0.3 is 9.64 Å². The molecule has 0 unspecified atom stereocenters. The fourth-order valence-corrected chi connectivity index (χ4v) is 3.14. The third kappa shape index (κ3) is 3.92. The summed E-state index contributed by atoms with van der Waals surface area (Å²) in [6, 6.07) is 18.4. The van der Waals surface area contributed by atoms with E-state index in [1.165, 1.54) is 16.5 Å². The Morgan fingerprint density at radius 2 is 1.64 bits per heavy atom. The smallest absolute Gasteiger partial charge is 0.344 e. The quantitative estimate of drug-likeness (QED) is 0.609. The van der Waals surface area contributed by atoms with Crippen molar-refractivity contribution in [3.05, 3.63) is 77.1 Å². The van der Waals surface area contributed by atoms with E-state index in [9.17, 15) is 9.59 Å². The first-order valence-corrected chi connectivity index (χ1v) is 9.12. The Labute approximate surface area is 168 Å². The van der Waals surface area contributed by atoms with Gasteiger partial charge in [0.15, 0.2) is 6.10 Å². The lowest BCUT2D eigenvalue weighted by atomic mass is 10.2. The molecule has 0 aliphatic rings. The number of aromatic nitrogens is 2. The molecule has 28 heavy (non-hydrogen) atoms. The standard InChI is InChI=1S/C21H20ClN3O3/c1-14-18(19(22)25(23-14)17-12-8-5-9-13-17)21(27)28-15(2)20(26)24(3)16-10-6-4-7-11-16/h4-13,15H,1-3H3/t15-/m0/s1. The van der Waals surface area contributed by atoms with E-state index in [0.29, 0.717) is 11.4 Å². The van der Waals surface area contributed by atoms with E-state index in [1.807, 2.05) is 48.5 Å². The maximum Gasteiger partial charge on any atom is 0.344 e. The van der Waals surface area contributed by atoms with Gasteiger partial charge in [0.2, 0.25) is 0 Å². The van der Waals surface area contributed by atoms with Crippen LogP contribution >= 0.6 is 11.6 Å². The zero-order valence-corrected chi connectivity index (χ0v) is 16.6. The number of carbonyl (C=O) groups excluding carboxylic acids is 2. The summed E-state index contributed by atoms with van der Waals surface area (Å²) in [6.07, 6.45) is -0.978. The molecule has 0 spiro atoms. The third-order valence-electron chi connectivity index (χ3n) is 4.31. The highest BCUT2D eigenvalue weighted by Gasteiger charge is 2.27. The molecule has 6 nitrogen and oxygen atoms in total. The largest absolute Gasteiger partial charge is 0.449 e. The molecule has 3 rings (SSSR count). The summed E-state index contributed by atoms with van der Waals surface area (Å²) in [7, 11) is 1.63. The highest BCUT2D eigenvalue weighted by molar-refractivity contribution is 6.33. The Kier molecular flexibility index (Phi) is 5.80.